The van der Waals surface area contributed by atoms with E-state index in [1.807, 2.05) is 18.0 Å². The summed E-state index contributed by atoms with van der Waals surface area (Å²) in [5.41, 5.74) is 1.35. The molecule has 0 aromatic heterocycles. The maximum atomic E-state index is 12.4. The van der Waals surface area contributed by atoms with Crippen molar-refractivity contribution in [2.45, 2.75) is 31.5 Å². The number of nitrogens with zero attached hydrogens (tertiary/aromatic N) is 2. The van der Waals surface area contributed by atoms with Crippen LogP contribution >= 0.6 is 24.8 Å². The van der Waals surface area contributed by atoms with Gasteiger partial charge in [0, 0.05) is 33.2 Å². The van der Waals surface area contributed by atoms with Gasteiger partial charge in [0.25, 0.3) is 0 Å². The average molecular weight is 390 g/mol. The van der Waals surface area contributed by atoms with Crippen molar-refractivity contribution in [1.82, 2.24) is 15.1 Å². The van der Waals surface area contributed by atoms with Crippen molar-refractivity contribution in [1.29, 1.82) is 0 Å². The molecule has 1 aromatic carbocycles. The van der Waals surface area contributed by atoms with Crippen LogP contribution in [0.25, 0.3) is 0 Å². The van der Waals surface area contributed by atoms with E-state index in [0.29, 0.717) is 18.9 Å². The minimum absolute atomic E-state index is 0. The highest BCUT2D eigenvalue weighted by molar-refractivity contribution is 5.85. The Morgan fingerprint density at radius 3 is 2.68 bits per heavy atom. The van der Waals surface area contributed by atoms with E-state index < -0.39 is 0 Å². The molecule has 0 radical (unpaired) electrons. The number of hydrogen-bond acceptors (Lipinski definition) is 4. The summed E-state index contributed by atoms with van der Waals surface area (Å²) in [4.78, 5) is 16.7. The Hall–Kier alpha value is -0.850. The highest BCUT2D eigenvalue weighted by Crippen LogP contribution is 2.20. The number of likely N-dealkylation sites (N-methyl/N-ethyl adjacent to an activating group) is 1. The summed E-state index contributed by atoms with van der Waals surface area (Å²) in [6.07, 6.45) is 1.30. The fourth-order valence-corrected chi connectivity index (χ4v) is 3.70. The van der Waals surface area contributed by atoms with Crippen LogP contribution in [0.4, 0.5) is 0 Å². The number of likely N-dealkylation sites (tertiary alicyclic amines) is 1. The molecule has 3 rings (SSSR count). The number of benzene rings is 1. The lowest BCUT2D eigenvalue weighted by Crippen LogP contribution is -2.43. The molecule has 2 fully saturated rings. The molecule has 0 aliphatic carbocycles. The van der Waals surface area contributed by atoms with Crippen LogP contribution in [0.3, 0.4) is 0 Å². The average Bonchev–Trinajstić information content (AvgIpc) is 3.17. The lowest BCUT2D eigenvalue weighted by atomic mass is 10.1. The van der Waals surface area contributed by atoms with E-state index in [1.54, 1.807) is 0 Å². The first kappa shape index (κ1) is 22.2. The molecular weight excluding hydrogens is 361 g/mol. The van der Waals surface area contributed by atoms with Gasteiger partial charge >= 0.3 is 0 Å². The van der Waals surface area contributed by atoms with Crippen LogP contribution < -0.4 is 5.32 Å². The minimum atomic E-state index is -0.384. The van der Waals surface area contributed by atoms with Crippen LogP contribution in [0, 0.1) is 5.92 Å². The van der Waals surface area contributed by atoms with Gasteiger partial charge in [-0.2, -0.15) is 0 Å². The summed E-state index contributed by atoms with van der Waals surface area (Å²) in [5, 5.41) is 12.7. The zero-order chi connectivity index (χ0) is 16.2. The SMILES string of the molecule is CN(CC1CCN(Cc2ccccc2)C1)C(=O)C1CC(O)CN1.Cl.Cl. The lowest BCUT2D eigenvalue weighted by Gasteiger charge is -2.24. The van der Waals surface area contributed by atoms with Gasteiger partial charge in [0.1, 0.15) is 0 Å². The number of halogens is 2. The second-order valence-electron chi connectivity index (χ2n) is 6.94. The molecule has 1 aromatic rings. The summed E-state index contributed by atoms with van der Waals surface area (Å²) >= 11 is 0. The highest BCUT2D eigenvalue weighted by atomic mass is 35.5. The second kappa shape index (κ2) is 10.3. The van der Waals surface area contributed by atoms with Crippen molar-refractivity contribution in [2.24, 2.45) is 5.92 Å². The standard InChI is InChI=1S/C18H27N3O2.2ClH/c1-20(18(23)17-9-16(22)10-19-17)11-15-7-8-21(13-15)12-14-5-3-2-4-6-14;;/h2-6,15-17,19,22H,7-13H2,1H3;2*1H. The number of rotatable bonds is 5. The van der Waals surface area contributed by atoms with Crippen LogP contribution in [0.1, 0.15) is 18.4 Å². The van der Waals surface area contributed by atoms with Crippen molar-refractivity contribution in [2.75, 3.05) is 33.2 Å². The zero-order valence-corrected chi connectivity index (χ0v) is 16.3. The molecule has 3 atom stereocenters. The Labute approximate surface area is 162 Å². The number of nitrogens with one attached hydrogen (secondary N) is 1. The van der Waals surface area contributed by atoms with Gasteiger partial charge in [-0.1, -0.05) is 30.3 Å². The molecule has 142 valence electrons. The van der Waals surface area contributed by atoms with Gasteiger partial charge in [-0.25, -0.2) is 0 Å². The first-order chi connectivity index (χ1) is 11.1. The molecule has 0 spiro atoms. The first-order valence-electron chi connectivity index (χ1n) is 8.54. The van der Waals surface area contributed by atoms with E-state index in [2.05, 4.69) is 34.5 Å². The monoisotopic (exact) mass is 389 g/mol. The zero-order valence-electron chi connectivity index (χ0n) is 14.6. The van der Waals surface area contributed by atoms with Crippen molar-refractivity contribution >= 4 is 30.7 Å². The van der Waals surface area contributed by atoms with E-state index >= 15 is 0 Å². The molecule has 2 N–H and O–H groups in total. The normalized spacial score (nSPS) is 25.9. The van der Waals surface area contributed by atoms with Crippen LogP contribution in [-0.4, -0.2) is 66.2 Å². The summed E-state index contributed by atoms with van der Waals surface area (Å²) < 4.78 is 0. The number of carbonyl (C=O) groups excluding carboxylic acids is 1. The third-order valence-corrected chi connectivity index (χ3v) is 4.93. The van der Waals surface area contributed by atoms with Crippen molar-refractivity contribution in [3.63, 3.8) is 0 Å². The Bertz CT molecular complexity index is 532. The Morgan fingerprint density at radius 1 is 1.32 bits per heavy atom. The molecule has 5 nitrogen and oxygen atoms in total. The maximum Gasteiger partial charge on any atom is 0.239 e. The first-order valence-corrected chi connectivity index (χ1v) is 8.54. The number of amides is 1. The molecule has 3 unspecified atom stereocenters. The lowest BCUT2D eigenvalue weighted by molar-refractivity contribution is -0.132. The summed E-state index contributed by atoms with van der Waals surface area (Å²) in [7, 11) is 1.88. The van der Waals surface area contributed by atoms with Crippen LogP contribution in [0.2, 0.25) is 0 Å². The molecule has 0 bridgehead atoms. The van der Waals surface area contributed by atoms with Crippen molar-refractivity contribution in [3.05, 3.63) is 35.9 Å². The number of aliphatic hydroxyl groups is 1. The van der Waals surface area contributed by atoms with Crippen LogP contribution in [-0.2, 0) is 11.3 Å². The topological polar surface area (TPSA) is 55.8 Å². The smallest absolute Gasteiger partial charge is 0.239 e. The molecule has 2 aliphatic rings. The minimum Gasteiger partial charge on any atom is -0.392 e. The van der Waals surface area contributed by atoms with E-state index in [4.69, 9.17) is 0 Å². The number of carbonyl (C=O) groups is 1. The van der Waals surface area contributed by atoms with Gasteiger partial charge in [0.05, 0.1) is 12.1 Å². The fourth-order valence-electron chi connectivity index (χ4n) is 3.70. The van der Waals surface area contributed by atoms with Gasteiger partial charge in [0.2, 0.25) is 5.91 Å². The van der Waals surface area contributed by atoms with E-state index in [0.717, 1.165) is 32.6 Å². The summed E-state index contributed by atoms with van der Waals surface area (Å²) in [5.74, 6) is 0.655. The van der Waals surface area contributed by atoms with Crippen molar-refractivity contribution < 1.29 is 9.90 Å². The van der Waals surface area contributed by atoms with Gasteiger partial charge in [-0.3, -0.25) is 9.69 Å². The largest absolute Gasteiger partial charge is 0.392 e. The maximum absolute atomic E-state index is 12.4. The molecule has 2 saturated heterocycles. The van der Waals surface area contributed by atoms with Gasteiger partial charge in [0.15, 0.2) is 0 Å². The molecule has 2 aliphatic heterocycles. The quantitative estimate of drug-likeness (QED) is 0.801. The van der Waals surface area contributed by atoms with Gasteiger partial charge in [-0.05, 0) is 30.9 Å². The third-order valence-electron chi connectivity index (χ3n) is 4.93. The predicted octanol–water partition coefficient (Wildman–Crippen LogP) is 1.53. The summed E-state index contributed by atoms with van der Waals surface area (Å²) in [6, 6.07) is 10.3. The van der Waals surface area contributed by atoms with Gasteiger partial charge < -0.3 is 15.3 Å². The summed E-state index contributed by atoms with van der Waals surface area (Å²) in [6.45, 7) is 4.47. The molecule has 25 heavy (non-hydrogen) atoms. The number of β-amino-alcohol motifs (C(OH)–C–C–N with tert-alkyl or cyclic N) is 1. The van der Waals surface area contributed by atoms with Gasteiger partial charge in [-0.15, -0.1) is 24.8 Å². The second-order valence-corrected chi connectivity index (χ2v) is 6.94. The third kappa shape index (κ3) is 6.12. The highest BCUT2D eigenvalue weighted by Gasteiger charge is 2.32. The Morgan fingerprint density at radius 2 is 2.04 bits per heavy atom. The van der Waals surface area contributed by atoms with Crippen molar-refractivity contribution in [3.8, 4) is 0 Å². The molecular formula is C18H29Cl2N3O2. The fraction of sp³-hybridized carbons (Fsp3) is 0.611. The molecule has 0 saturated carbocycles. The Balaban J connectivity index is 0.00000156. The van der Waals surface area contributed by atoms with Crippen LogP contribution in [0.15, 0.2) is 30.3 Å². The molecule has 1 amide bonds. The Kier molecular flexibility index (Phi) is 9.17. The van der Waals surface area contributed by atoms with Crippen LogP contribution in [0.5, 0.6) is 0 Å². The van der Waals surface area contributed by atoms with E-state index in [9.17, 15) is 9.90 Å². The number of hydrogen-bond donors (Lipinski definition) is 2. The molecule has 2 heterocycles. The number of aliphatic hydroxyl groups excluding tert-OH is 1. The van der Waals surface area contributed by atoms with E-state index in [-0.39, 0.29) is 42.9 Å². The van der Waals surface area contributed by atoms with E-state index in [1.165, 1.54) is 5.56 Å². The predicted molar refractivity (Wildman–Crippen MR) is 104 cm³/mol. The molecule has 7 heteroatoms.